The second-order valence-corrected chi connectivity index (χ2v) is 4.83. The zero-order chi connectivity index (χ0) is 20.6. The number of ether oxygens (including phenoxy) is 3. The normalized spacial score (nSPS) is 9.42. The lowest BCUT2D eigenvalue weighted by molar-refractivity contribution is -0.156. The van der Waals surface area contributed by atoms with Gasteiger partial charge in [-0.25, -0.2) is 19.2 Å². The fourth-order valence-electron chi connectivity index (χ4n) is 1.28. The molecule has 0 amide bonds. The average molecular weight is 368 g/mol. The predicted octanol–water partition coefficient (Wildman–Crippen LogP) is 1.83. The van der Waals surface area contributed by atoms with Gasteiger partial charge in [0.25, 0.3) is 0 Å². The topological polar surface area (TPSA) is 116 Å². The number of hydrogen-bond acceptors (Lipinski definition) is 7. The summed E-state index contributed by atoms with van der Waals surface area (Å²) in [6.07, 6.45) is 4.34. The van der Waals surface area contributed by atoms with Crippen molar-refractivity contribution in [3.05, 3.63) is 50.6 Å². The second-order valence-electron chi connectivity index (χ2n) is 4.83. The molecule has 0 radical (unpaired) electrons. The lowest BCUT2D eigenvalue weighted by Gasteiger charge is -2.30. The Bertz CT molecular complexity index is 488. The van der Waals surface area contributed by atoms with Gasteiger partial charge in [0.15, 0.2) is 0 Å². The molecule has 0 rings (SSSR count). The summed E-state index contributed by atoms with van der Waals surface area (Å²) < 4.78 is 15.0. The predicted molar refractivity (Wildman–Crippen MR) is 94.0 cm³/mol. The first-order valence-electron chi connectivity index (χ1n) is 7.43. The molecule has 0 bridgehead atoms. The number of carbonyl (C=O) groups excluding carboxylic acids is 3. The van der Waals surface area contributed by atoms with Gasteiger partial charge in [-0.2, -0.15) is 0 Å². The molecule has 8 nitrogen and oxygen atoms in total. The third-order valence-corrected chi connectivity index (χ3v) is 2.99. The van der Waals surface area contributed by atoms with E-state index in [0.29, 0.717) is 6.42 Å². The van der Waals surface area contributed by atoms with E-state index in [-0.39, 0.29) is 19.8 Å². The zero-order valence-electron chi connectivity index (χ0n) is 14.8. The quantitative estimate of drug-likeness (QED) is 0.333. The molecule has 0 saturated heterocycles. The molecule has 0 heterocycles. The van der Waals surface area contributed by atoms with Crippen molar-refractivity contribution >= 4 is 23.9 Å². The highest BCUT2D eigenvalue weighted by Crippen LogP contribution is 2.24. The van der Waals surface area contributed by atoms with Gasteiger partial charge in [0.1, 0.15) is 19.8 Å². The Kier molecular flexibility index (Phi) is 13.7. The Morgan fingerprint density at radius 1 is 0.769 bits per heavy atom. The van der Waals surface area contributed by atoms with Gasteiger partial charge in [-0.15, -0.1) is 0 Å². The van der Waals surface area contributed by atoms with Crippen LogP contribution < -0.4 is 0 Å². The maximum atomic E-state index is 11.2. The molecule has 144 valence electrons. The maximum absolute atomic E-state index is 11.2. The summed E-state index contributed by atoms with van der Waals surface area (Å²) in [5.41, 5.74) is -0.837. The first-order valence-corrected chi connectivity index (χ1v) is 7.43. The fourth-order valence-corrected chi connectivity index (χ4v) is 1.28. The summed E-state index contributed by atoms with van der Waals surface area (Å²) in [6.45, 7) is 14.4. The first kappa shape index (κ1) is 25.1. The van der Waals surface area contributed by atoms with Crippen LogP contribution in [0.1, 0.15) is 13.3 Å². The minimum Gasteiger partial charge on any atom is -0.478 e. The Morgan fingerprint density at radius 3 is 1.19 bits per heavy atom. The van der Waals surface area contributed by atoms with E-state index in [1.54, 1.807) is 6.92 Å². The number of carboxylic acid groups (broad SMARTS) is 1. The van der Waals surface area contributed by atoms with Gasteiger partial charge < -0.3 is 19.3 Å². The standard InChI is InChI=1S/C15H20O6.C3H4O2/c1-5-12(16)19-9-15(8-4,10-20-13(17)6-2)11-21-14(18)7-3;1-2-3(4)5/h5-7H,1-3,8-11H2,4H3;2H,1H2,(H,4,5). The van der Waals surface area contributed by atoms with Crippen molar-refractivity contribution in [2.75, 3.05) is 19.8 Å². The Morgan fingerprint density at radius 2 is 1.04 bits per heavy atom. The molecule has 0 saturated carbocycles. The lowest BCUT2D eigenvalue weighted by Crippen LogP contribution is -2.38. The van der Waals surface area contributed by atoms with Crippen LogP contribution in [0.3, 0.4) is 0 Å². The van der Waals surface area contributed by atoms with E-state index in [2.05, 4.69) is 26.3 Å². The molecular formula is C18H24O8. The maximum Gasteiger partial charge on any atom is 0.330 e. The monoisotopic (exact) mass is 368 g/mol. The van der Waals surface area contributed by atoms with Crippen LogP contribution >= 0.6 is 0 Å². The van der Waals surface area contributed by atoms with Crippen molar-refractivity contribution in [2.45, 2.75) is 13.3 Å². The smallest absolute Gasteiger partial charge is 0.330 e. The van der Waals surface area contributed by atoms with Crippen molar-refractivity contribution < 1.29 is 38.5 Å². The van der Waals surface area contributed by atoms with Gasteiger partial charge in [-0.3, -0.25) is 0 Å². The van der Waals surface area contributed by atoms with Gasteiger partial charge >= 0.3 is 23.9 Å². The van der Waals surface area contributed by atoms with E-state index in [9.17, 15) is 19.2 Å². The van der Waals surface area contributed by atoms with Gasteiger partial charge in [0.2, 0.25) is 0 Å². The highest BCUT2D eigenvalue weighted by molar-refractivity contribution is 5.82. The van der Waals surface area contributed by atoms with Crippen LogP contribution in [0.5, 0.6) is 0 Å². The highest BCUT2D eigenvalue weighted by atomic mass is 16.6. The van der Waals surface area contributed by atoms with Crippen LogP contribution in [0.4, 0.5) is 0 Å². The molecular weight excluding hydrogens is 344 g/mol. The minimum atomic E-state index is -0.981. The van der Waals surface area contributed by atoms with Crippen LogP contribution in [-0.4, -0.2) is 48.8 Å². The molecule has 0 fully saturated rings. The van der Waals surface area contributed by atoms with E-state index in [1.165, 1.54) is 0 Å². The summed E-state index contributed by atoms with van der Waals surface area (Å²) in [6, 6.07) is 0. The van der Waals surface area contributed by atoms with Crippen molar-refractivity contribution in [1.82, 2.24) is 0 Å². The van der Waals surface area contributed by atoms with Crippen LogP contribution in [0.25, 0.3) is 0 Å². The van der Waals surface area contributed by atoms with Crippen LogP contribution in [-0.2, 0) is 33.4 Å². The molecule has 0 aliphatic carbocycles. The minimum absolute atomic E-state index is 0.0802. The molecule has 0 spiro atoms. The molecule has 0 unspecified atom stereocenters. The van der Waals surface area contributed by atoms with E-state index < -0.39 is 29.3 Å². The number of hydrogen-bond donors (Lipinski definition) is 1. The molecule has 0 aliphatic rings. The zero-order valence-corrected chi connectivity index (χ0v) is 14.8. The fraction of sp³-hybridized carbons (Fsp3) is 0.333. The molecule has 0 aromatic rings. The van der Waals surface area contributed by atoms with E-state index in [1.807, 2.05) is 0 Å². The largest absolute Gasteiger partial charge is 0.478 e. The van der Waals surface area contributed by atoms with Crippen molar-refractivity contribution in [2.24, 2.45) is 5.41 Å². The van der Waals surface area contributed by atoms with Crippen LogP contribution in [0.2, 0.25) is 0 Å². The summed E-state index contributed by atoms with van der Waals surface area (Å²) in [4.78, 5) is 42.8. The van der Waals surface area contributed by atoms with Gasteiger partial charge in [0.05, 0.1) is 5.41 Å². The van der Waals surface area contributed by atoms with E-state index >= 15 is 0 Å². The molecule has 0 atom stereocenters. The third kappa shape index (κ3) is 12.3. The molecule has 8 heteroatoms. The van der Waals surface area contributed by atoms with Crippen molar-refractivity contribution in [1.29, 1.82) is 0 Å². The van der Waals surface area contributed by atoms with Crippen LogP contribution in [0, 0.1) is 5.41 Å². The average Bonchev–Trinajstić information content (AvgIpc) is 2.67. The number of esters is 3. The van der Waals surface area contributed by atoms with Crippen molar-refractivity contribution in [3.63, 3.8) is 0 Å². The molecule has 0 aliphatic heterocycles. The summed E-state index contributed by atoms with van der Waals surface area (Å²) in [5, 5.41) is 7.60. The first-order chi connectivity index (χ1) is 12.2. The Labute approximate surface area is 152 Å². The van der Waals surface area contributed by atoms with E-state index in [4.69, 9.17) is 19.3 Å². The van der Waals surface area contributed by atoms with E-state index in [0.717, 1.165) is 24.3 Å². The Hall–Kier alpha value is -3.16. The summed E-state index contributed by atoms with van der Waals surface area (Å²) >= 11 is 0. The van der Waals surface area contributed by atoms with Gasteiger partial charge in [-0.05, 0) is 6.42 Å². The number of carbonyl (C=O) groups is 4. The number of carboxylic acids is 1. The van der Waals surface area contributed by atoms with Crippen molar-refractivity contribution in [3.8, 4) is 0 Å². The van der Waals surface area contributed by atoms with Crippen LogP contribution in [0.15, 0.2) is 50.6 Å². The molecule has 0 aromatic carbocycles. The molecule has 0 aromatic heterocycles. The summed E-state index contributed by atoms with van der Waals surface area (Å²) in [5.74, 6) is -2.82. The SMILES string of the molecule is C=CC(=O)O.C=CC(=O)OCC(CC)(COC(=O)C=C)COC(=O)C=C. The molecule has 1 N–H and O–H groups in total. The van der Waals surface area contributed by atoms with Gasteiger partial charge in [0, 0.05) is 24.3 Å². The summed E-state index contributed by atoms with van der Waals surface area (Å²) in [7, 11) is 0. The number of rotatable bonds is 11. The lowest BCUT2D eigenvalue weighted by atomic mass is 9.88. The highest BCUT2D eigenvalue weighted by Gasteiger charge is 2.33. The Balaban J connectivity index is 0. The number of aliphatic carboxylic acids is 1. The second kappa shape index (κ2) is 14.2. The third-order valence-electron chi connectivity index (χ3n) is 2.99. The van der Waals surface area contributed by atoms with Gasteiger partial charge in [-0.1, -0.05) is 33.2 Å². The molecule has 26 heavy (non-hydrogen) atoms.